The second-order valence-corrected chi connectivity index (χ2v) is 10.6. The molecule has 1 saturated heterocycles. The van der Waals surface area contributed by atoms with Gasteiger partial charge in [0.2, 0.25) is 5.91 Å². The summed E-state index contributed by atoms with van der Waals surface area (Å²) in [6.45, 7) is 0. The fourth-order valence-corrected chi connectivity index (χ4v) is 7.00. The van der Waals surface area contributed by atoms with Gasteiger partial charge in [0.05, 0.1) is 31.7 Å². The average Bonchev–Trinajstić information content (AvgIpc) is 3.52. The summed E-state index contributed by atoms with van der Waals surface area (Å²) >= 11 is 0. The topological polar surface area (TPSA) is 97.8 Å². The van der Waals surface area contributed by atoms with Crippen LogP contribution >= 0.6 is 0 Å². The van der Waals surface area contributed by atoms with Crippen LogP contribution in [0.4, 0.5) is 5.69 Å². The van der Waals surface area contributed by atoms with Crippen LogP contribution in [-0.4, -0.2) is 47.6 Å². The number of rotatable bonds is 6. The number of fused-ring (bicyclic) bond motifs is 6. The Morgan fingerprint density at radius 3 is 2.48 bits per heavy atom. The van der Waals surface area contributed by atoms with Crippen LogP contribution in [0.2, 0.25) is 0 Å². The molecule has 0 saturated carbocycles. The molecule has 0 unspecified atom stereocenters. The summed E-state index contributed by atoms with van der Waals surface area (Å²) in [5.74, 6) is -1.31. The summed E-state index contributed by atoms with van der Waals surface area (Å²) < 4.78 is 11.0. The van der Waals surface area contributed by atoms with E-state index < -0.39 is 23.4 Å². The highest BCUT2D eigenvalue weighted by atomic mass is 16.5. The first-order valence-corrected chi connectivity index (χ1v) is 13.7. The van der Waals surface area contributed by atoms with Crippen molar-refractivity contribution in [3.8, 4) is 11.5 Å². The lowest BCUT2D eigenvalue weighted by Crippen LogP contribution is -2.49. The number of para-hydroxylation sites is 1. The van der Waals surface area contributed by atoms with E-state index in [2.05, 4.69) is 10.3 Å². The second kappa shape index (κ2) is 9.69. The number of pyridine rings is 1. The molecule has 8 nitrogen and oxygen atoms in total. The van der Waals surface area contributed by atoms with E-state index in [0.29, 0.717) is 22.7 Å². The first-order valence-electron chi connectivity index (χ1n) is 13.7. The number of methoxy groups -OCH3 is 2. The van der Waals surface area contributed by atoms with Crippen LogP contribution in [-0.2, 0) is 10.2 Å². The van der Waals surface area contributed by atoms with Gasteiger partial charge in [-0.25, -0.2) is 0 Å². The van der Waals surface area contributed by atoms with Crippen molar-refractivity contribution in [3.05, 3.63) is 125 Å². The van der Waals surface area contributed by atoms with E-state index in [1.807, 2.05) is 65.7 Å². The van der Waals surface area contributed by atoms with Crippen molar-refractivity contribution in [2.24, 2.45) is 5.92 Å². The number of amides is 1. The molecule has 3 aliphatic heterocycles. The Morgan fingerprint density at radius 1 is 0.905 bits per heavy atom. The Hall–Kier alpha value is -5.24. The lowest BCUT2D eigenvalue weighted by atomic mass is 9.63. The van der Waals surface area contributed by atoms with Gasteiger partial charge in [-0.15, -0.1) is 0 Å². The Labute approximate surface area is 242 Å². The van der Waals surface area contributed by atoms with E-state index >= 15 is 0 Å². The minimum absolute atomic E-state index is 0.190. The van der Waals surface area contributed by atoms with E-state index in [1.54, 1.807) is 42.6 Å². The molecule has 0 aliphatic carbocycles. The standard InChI is InChI=1S/C34H27N3O5/c1-41-21-14-15-23(27(19-21)42-2)30(38)29-28(31(39)26-13-7-8-17-35-26)34(24-11-5-6-12-25(24)36-33(34)40)32-22-10-4-3-9-20(22)16-18-37(29)32/h3-19,28-29,32H,1-2H3,(H,36,40)/t28-,29-,32+,34+/m0/s1. The maximum atomic E-state index is 14.8. The van der Waals surface area contributed by atoms with Gasteiger partial charge in [-0.05, 0) is 53.1 Å². The van der Waals surface area contributed by atoms with Crippen LogP contribution in [0.5, 0.6) is 11.5 Å². The van der Waals surface area contributed by atoms with Gasteiger partial charge in [-0.3, -0.25) is 19.4 Å². The number of aromatic nitrogens is 1. The zero-order valence-electron chi connectivity index (χ0n) is 23.0. The SMILES string of the molecule is COc1ccc(C(=O)[C@@H]2[C@@H](C(=O)c3ccccn3)[C@@]3(C(=O)Nc4ccccc43)[C@H]3c4ccccc4C=CN23)c(OC)c1. The van der Waals surface area contributed by atoms with Gasteiger partial charge in [0.1, 0.15) is 28.6 Å². The fourth-order valence-electron chi connectivity index (χ4n) is 7.00. The Balaban J connectivity index is 1.53. The van der Waals surface area contributed by atoms with Crippen molar-refractivity contribution in [2.45, 2.75) is 17.5 Å². The van der Waals surface area contributed by atoms with Crippen LogP contribution in [0.25, 0.3) is 6.08 Å². The van der Waals surface area contributed by atoms with Gasteiger partial charge in [0.25, 0.3) is 0 Å². The molecule has 7 rings (SSSR count). The molecule has 42 heavy (non-hydrogen) atoms. The zero-order chi connectivity index (χ0) is 29.0. The maximum Gasteiger partial charge on any atom is 0.238 e. The lowest BCUT2D eigenvalue weighted by molar-refractivity contribution is -0.122. The molecule has 1 fully saturated rings. The van der Waals surface area contributed by atoms with Crippen LogP contribution in [0.3, 0.4) is 0 Å². The maximum absolute atomic E-state index is 14.8. The minimum Gasteiger partial charge on any atom is -0.497 e. The third-order valence-corrected chi connectivity index (χ3v) is 8.71. The third kappa shape index (κ3) is 3.48. The van der Waals surface area contributed by atoms with E-state index in [1.165, 1.54) is 14.2 Å². The molecule has 4 heterocycles. The summed E-state index contributed by atoms with van der Waals surface area (Å²) in [6, 6.07) is 23.6. The normalized spacial score (nSPS) is 23.1. The van der Waals surface area contributed by atoms with Crippen molar-refractivity contribution in [1.29, 1.82) is 0 Å². The van der Waals surface area contributed by atoms with E-state index in [4.69, 9.17) is 9.47 Å². The lowest BCUT2D eigenvalue weighted by Gasteiger charge is -2.38. The molecule has 1 aromatic heterocycles. The molecule has 0 radical (unpaired) electrons. The molecular formula is C34H27N3O5. The molecule has 1 spiro atoms. The van der Waals surface area contributed by atoms with Crippen molar-refractivity contribution in [1.82, 2.24) is 9.88 Å². The number of carbonyl (C=O) groups excluding carboxylic acids is 3. The van der Waals surface area contributed by atoms with Crippen LogP contribution < -0.4 is 14.8 Å². The summed E-state index contributed by atoms with van der Waals surface area (Å²) in [5.41, 5.74) is 2.15. The van der Waals surface area contributed by atoms with Gasteiger partial charge in [0, 0.05) is 24.2 Å². The van der Waals surface area contributed by atoms with Crippen molar-refractivity contribution in [3.63, 3.8) is 0 Å². The fraction of sp³-hybridized carbons (Fsp3) is 0.176. The number of benzene rings is 3. The average molecular weight is 558 g/mol. The molecular weight excluding hydrogens is 530 g/mol. The van der Waals surface area contributed by atoms with E-state index in [9.17, 15) is 14.4 Å². The molecule has 8 heteroatoms. The highest BCUT2D eigenvalue weighted by Gasteiger charge is 2.71. The Kier molecular flexibility index (Phi) is 5.93. The van der Waals surface area contributed by atoms with Gasteiger partial charge in [-0.2, -0.15) is 0 Å². The van der Waals surface area contributed by atoms with Crippen molar-refractivity contribution >= 4 is 29.2 Å². The minimum atomic E-state index is -1.42. The van der Waals surface area contributed by atoms with Crippen LogP contribution in [0, 0.1) is 5.92 Å². The van der Waals surface area contributed by atoms with Gasteiger partial charge >= 0.3 is 0 Å². The first kappa shape index (κ1) is 25.7. The number of hydrogen-bond acceptors (Lipinski definition) is 7. The molecule has 4 atom stereocenters. The summed E-state index contributed by atoms with van der Waals surface area (Å²) in [7, 11) is 3.02. The van der Waals surface area contributed by atoms with Crippen LogP contribution in [0.15, 0.2) is 97.3 Å². The number of nitrogens with one attached hydrogen (secondary N) is 1. The molecule has 208 valence electrons. The van der Waals surface area contributed by atoms with Gasteiger partial charge in [0.15, 0.2) is 11.6 Å². The Bertz CT molecular complexity index is 1790. The largest absolute Gasteiger partial charge is 0.497 e. The summed E-state index contributed by atoms with van der Waals surface area (Å²) in [4.78, 5) is 50.3. The number of ketones is 2. The summed E-state index contributed by atoms with van der Waals surface area (Å²) in [6.07, 6.45) is 5.31. The number of anilines is 1. The van der Waals surface area contributed by atoms with Crippen molar-refractivity contribution < 1.29 is 23.9 Å². The number of ether oxygens (including phenoxy) is 2. The van der Waals surface area contributed by atoms with Crippen molar-refractivity contribution in [2.75, 3.05) is 19.5 Å². The quantitative estimate of drug-likeness (QED) is 0.330. The zero-order valence-corrected chi connectivity index (χ0v) is 23.0. The number of hydrogen-bond donors (Lipinski definition) is 1. The van der Waals surface area contributed by atoms with Crippen LogP contribution in [0.1, 0.15) is 43.6 Å². The molecule has 4 aromatic rings. The molecule has 3 aromatic carbocycles. The predicted octanol–water partition coefficient (Wildman–Crippen LogP) is 5.08. The number of Topliss-reactive ketones (excluding diaryl/α,β-unsaturated/α-hetero) is 2. The second-order valence-electron chi connectivity index (χ2n) is 10.6. The summed E-state index contributed by atoms with van der Waals surface area (Å²) in [5, 5.41) is 3.05. The Morgan fingerprint density at radius 2 is 1.69 bits per heavy atom. The number of carbonyl (C=O) groups is 3. The molecule has 1 N–H and O–H groups in total. The molecule has 0 bridgehead atoms. The highest BCUT2D eigenvalue weighted by Crippen LogP contribution is 2.62. The van der Waals surface area contributed by atoms with E-state index in [0.717, 1.165) is 11.1 Å². The monoisotopic (exact) mass is 557 g/mol. The van der Waals surface area contributed by atoms with Gasteiger partial charge < -0.3 is 19.7 Å². The molecule has 1 amide bonds. The predicted molar refractivity (Wildman–Crippen MR) is 157 cm³/mol. The van der Waals surface area contributed by atoms with Gasteiger partial charge in [-0.1, -0.05) is 48.5 Å². The smallest absolute Gasteiger partial charge is 0.238 e. The third-order valence-electron chi connectivity index (χ3n) is 8.71. The highest BCUT2D eigenvalue weighted by molar-refractivity contribution is 6.16. The number of nitrogens with zero attached hydrogens (tertiary/aromatic N) is 2. The molecule has 3 aliphatic rings. The van der Waals surface area contributed by atoms with E-state index in [-0.39, 0.29) is 28.7 Å². The first-order chi connectivity index (χ1) is 20.5.